The lowest BCUT2D eigenvalue weighted by Gasteiger charge is -2.10. The van der Waals surface area contributed by atoms with Crippen molar-refractivity contribution >= 4 is 29.5 Å². The summed E-state index contributed by atoms with van der Waals surface area (Å²) in [5.74, 6) is -1.16. The lowest BCUT2D eigenvalue weighted by molar-refractivity contribution is -0.116. The van der Waals surface area contributed by atoms with E-state index in [9.17, 15) is 14.4 Å². The van der Waals surface area contributed by atoms with Gasteiger partial charge in [-0.25, -0.2) is 4.79 Å². The van der Waals surface area contributed by atoms with Gasteiger partial charge < -0.3 is 19.8 Å². The van der Waals surface area contributed by atoms with E-state index in [2.05, 4.69) is 10.6 Å². The van der Waals surface area contributed by atoms with Crippen molar-refractivity contribution in [3.63, 3.8) is 0 Å². The molecule has 0 atom stereocenters. The highest BCUT2D eigenvalue weighted by molar-refractivity contribution is 6.03. The molecule has 30 heavy (non-hydrogen) atoms. The molecule has 152 valence electrons. The summed E-state index contributed by atoms with van der Waals surface area (Å²) in [5, 5.41) is 5.42. The Morgan fingerprint density at radius 2 is 1.83 bits per heavy atom. The average molecular weight is 404 g/mol. The van der Waals surface area contributed by atoms with Gasteiger partial charge in [0, 0.05) is 18.3 Å². The minimum Gasteiger partial charge on any atom is -0.465 e. The standard InChI is InChI=1S/C23H20N2O5/c1-29-23(28)18-12-17(13-19(14-18)25-22(27)20-8-5-11-30-20)15-24-21(26)10-9-16-6-3-2-4-7-16/h2-14H,15H2,1H3,(H,24,26)(H,25,27). The summed E-state index contributed by atoms with van der Waals surface area (Å²) in [6, 6.07) is 17.3. The van der Waals surface area contributed by atoms with Gasteiger partial charge in [0.1, 0.15) is 0 Å². The van der Waals surface area contributed by atoms with Crippen LogP contribution in [0.15, 0.2) is 77.4 Å². The molecule has 2 amide bonds. The van der Waals surface area contributed by atoms with Crippen LogP contribution in [0, 0.1) is 0 Å². The van der Waals surface area contributed by atoms with Crippen molar-refractivity contribution in [2.24, 2.45) is 0 Å². The Morgan fingerprint density at radius 1 is 1.03 bits per heavy atom. The van der Waals surface area contributed by atoms with Gasteiger partial charge >= 0.3 is 5.97 Å². The van der Waals surface area contributed by atoms with Gasteiger partial charge in [-0.05, 0) is 47.5 Å². The second-order valence-corrected chi connectivity index (χ2v) is 6.30. The number of ether oxygens (including phenoxy) is 1. The zero-order valence-electron chi connectivity index (χ0n) is 16.3. The van der Waals surface area contributed by atoms with Gasteiger partial charge in [0.25, 0.3) is 5.91 Å². The molecule has 0 bridgehead atoms. The quantitative estimate of drug-likeness (QED) is 0.463. The predicted octanol–water partition coefficient (Wildman–Crippen LogP) is 3.65. The Labute approximate surface area is 173 Å². The number of methoxy groups -OCH3 is 1. The molecule has 0 spiro atoms. The van der Waals surface area contributed by atoms with E-state index < -0.39 is 11.9 Å². The summed E-state index contributed by atoms with van der Waals surface area (Å²) in [6.45, 7) is 0.159. The summed E-state index contributed by atoms with van der Waals surface area (Å²) in [5.41, 5.74) is 2.15. The van der Waals surface area contributed by atoms with Crippen LogP contribution >= 0.6 is 0 Å². The average Bonchev–Trinajstić information content (AvgIpc) is 3.31. The maximum atomic E-state index is 12.2. The molecule has 1 aromatic heterocycles. The number of nitrogens with one attached hydrogen (secondary N) is 2. The molecule has 0 fully saturated rings. The van der Waals surface area contributed by atoms with Gasteiger partial charge in [0.2, 0.25) is 5.91 Å². The molecular formula is C23H20N2O5. The first-order valence-electron chi connectivity index (χ1n) is 9.13. The molecule has 2 N–H and O–H groups in total. The van der Waals surface area contributed by atoms with Gasteiger partial charge in [-0.1, -0.05) is 30.3 Å². The molecular weight excluding hydrogens is 384 g/mol. The van der Waals surface area contributed by atoms with E-state index >= 15 is 0 Å². The van der Waals surface area contributed by atoms with Crippen LogP contribution in [0.4, 0.5) is 5.69 Å². The molecule has 3 rings (SSSR count). The number of furan rings is 1. The lowest BCUT2D eigenvalue weighted by Crippen LogP contribution is -2.21. The Morgan fingerprint density at radius 3 is 2.53 bits per heavy atom. The molecule has 1 heterocycles. The molecule has 3 aromatic rings. The van der Waals surface area contributed by atoms with Gasteiger partial charge in [-0.15, -0.1) is 0 Å². The minimum atomic E-state index is -0.555. The zero-order valence-corrected chi connectivity index (χ0v) is 16.3. The number of hydrogen-bond acceptors (Lipinski definition) is 5. The summed E-state index contributed by atoms with van der Waals surface area (Å²) in [6.07, 6.45) is 4.53. The molecule has 0 saturated carbocycles. The van der Waals surface area contributed by atoms with Crippen LogP contribution < -0.4 is 10.6 Å². The van der Waals surface area contributed by atoms with E-state index in [-0.39, 0.29) is 23.8 Å². The van der Waals surface area contributed by atoms with Gasteiger partial charge in [-0.2, -0.15) is 0 Å². The first-order chi connectivity index (χ1) is 14.5. The van der Waals surface area contributed by atoms with E-state index in [0.717, 1.165) is 5.56 Å². The molecule has 7 nitrogen and oxygen atoms in total. The Balaban J connectivity index is 1.71. The fourth-order valence-electron chi connectivity index (χ4n) is 2.69. The van der Waals surface area contributed by atoms with Crippen LogP contribution in [-0.4, -0.2) is 24.9 Å². The number of rotatable bonds is 7. The van der Waals surface area contributed by atoms with Crippen LogP contribution in [0.5, 0.6) is 0 Å². The van der Waals surface area contributed by atoms with Crippen LogP contribution in [0.25, 0.3) is 6.08 Å². The first kappa shape index (κ1) is 20.6. The van der Waals surface area contributed by atoms with Crippen LogP contribution in [0.3, 0.4) is 0 Å². The second-order valence-electron chi connectivity index (χ2n) is 6.30. The van der Waals surface area contributed by atoms with Gasteiger partial charge in [0.05, 0.1) is 18.9 Å². The van der Waals surface area contributed by atoms with Crippen molar-refractivity contribution in [1.82, 2.24) is 5.32 Å². The number of esters is 1. The summed E-state index contributed by atoms with van der Waals surface area (Å²) < 4.78 is 9.84. The highest BCUT2D eigenvalue weighted by atomic mass is 16.5. The third-order valence-corrected chi connectivity index (χ3v) is 4.11. The normalized spacial score (nSPS) is 10.6. The molecule has 0 aliphatic rings. The summed E-state index contributed by atoms with van der Waals surface area (Å²) in [7, 11) is 1.27. The molecule has 7 heteroatoms. The molecule has 0 saturated heterocycles. The van der Waals surface area contributed by atoms with Crippen LogP contribution in [0.1, 0.15) is 32.0 Å². The van der Waals surface area contributed by atoms with Crippen molar-refractivity contribution in [1.29, 1.82) is 0 Å². The number of carbonyl (C=O) groups excluding carboxylic acids is 3. The third kappa shape index (κ3) is 5.68. The monoisotopic (exact) mass is 404 g/mol. The number of amides is 2. The molecule has 0 aliphatic carbocycles. The maximum absolute atomic E-state index is 12.2. The lowest BCUT2D eigenvalue weighted by atomic mass is 10.1. The van der Waals surface area contributed by atoms with E-state index in [4.69, 9.17) is 9.15 Å². The Bertz CT molecular complexity index is 1060. The van der Waals surface area contributed by atoms with Crippen molar-refractivity contribution in [2.45, 2.75) is 6.54 Å². The van der Waals surface area contributed by atoms with Crippen LogP contribution in [0.2, 0.25) is 0 Å². The summed E-state index contributed by atoms with van der Waals surface area (Å²) >= 11 is 0. The van der Waals surface area contributed by atoms with E-state index in [0.29, 0.717) is 11.3 Å². The number of carbonyl (C=O) groups is 3. The SMILES string of the molecule is COC(=O)c1cc(CNC(=O)C=Cc2ccccc2)cc(NC(=O)c2ccco2)c1. The largest absolute Gasteiger partial charge is 0.465 e. The Kier molecular flexibility index (Phi) is 6.78. The van der Waals surface area contributed by atoms with Crippen LogP contribution in [-0.2, 0) is 16.1 Å². The van der Waals surface area contributed by atoms with Crippen molar-refractivity contribution in [3.05, 3.63) is 95.5 Å². The van der Waals surface area contributed by atoms with E-state index in [1.165, 1.54) is 31.6 Å². The second kappa shape index (κ2) is 9.88. The molecule has 2 aromatic carbocycles. The topological polar surface area (TPSA) is 97.6 Å². The highest BCUT2D eigenvalue weighted by Crippen LogP contribution is 2.17. The minimum absolute atomic E-state index is 0.138. The van der Waals surface area contributed by atoms with E-state index in [1.54, 1.807) is 24.3 Å². The fourth-order valence-corrected chi connectivity index (χ4v) is 2.69. The molecule has 0 unspecified atom stereocenters. The summed E-state index contributed by atoms with van der Waals surface area (Å²) in [4.78, 5) is 36.3. The van der Waals surface area contributed by atoms with Gasteiger partial charge in [0.15, 0.2) is 5.76 Å². The van der Waals surface area contributed by atoms with Crippen molar-refractivity contribution < 1.29 is 23.5 Å². The highest BCUT2D eigenvalue weighted by Gasteiger charge is 2.13. The Hall–Kier alpha value is -4.13. The zero-order chi connectivity index (χ0) is 21.3. The molecule has 0 radical (unpaired) electrons. The van der Waals surface area contributed by atoms with Crippen molar-refractivity contribution in [3.8, 4) is 0 Å². The number of hydrogen-bond donors (Lipinski definition) is 2. The molecule has 0 aliphatic heterocycles. The predicted molar refractivity (Wildman–Crippen MR) is 112 cm³/mol. The number of anilines is 1. The maximum Gasteiger partial charge on any atom is 0.337 e. The fraction of sp³-hybridized carbons (Fsp3) is 0.0870. The van der Waals surface area contributed by atoms with Gasteiger partial charge in [-0.3, -0.25) is 9.59 Å². The first-order valence-corrected chi connectivity index (χ1v) is 9.13. The van der Waals surface area contributed by atoms with Crippen molar-refractivity contribution in [2.75, 3.05) is 12.4 Å². The van der Waals surface area contributed by atoms with E-state index in [1.807, 2.05) is 30.3 Å². The smallest absolute Gasteiger partial charge is 0.337 e. The number of benzene rings is 2. The third-order valence-electron chi connectivity index (χ3n) is 4.11.